The van der Waals surface area contributed by atoms with Gasteiger partial charge in [-0.3, -0.25) is 4.79 Å². The van der Waals surface area contributed by atoms with Crippen LogP contribution >= 0.6 is 11.6 Å². The second-order valence-electron chi connectivity index (χ2n) is 4.77. The molecule has 3 heterocycles. The molecule has 1 atom stereocenters. The lowest BCUT2D eigenvalue weighted by atomic mass is 10.2. The topological polar surface area (TPSA) is 72.7 Å². The summed E-state index contributed by atoms with van der Waals surface area (Å²) in [4.78, 5) is 16.1. The maximum atomic E-state index is 12.1. The van der Waals surface area contributed by atoms with E-state index in [0.29, 0.717) is 10.8 Å². The fourth-order valence-corrected chi connectivity index (χ4v) is 2.53. The minimum atomic E-state index is -0.268. The van der Waals surface area contributed by atoms with E-state index in [2.05, 4.69) is 25.1 Å². The van der Waals surface area contributed by atoms with Crippen molar-refractivity contribution in [1.82, 2.24) is 25.1 Å². The molecule has 0 spiro atoms. The van der Waals surface area contributed by atoms with Crippen molar-refractivity contribution in [2.45, 2.75) is 32.4 Å². The fourth-order valence-electron chi connectivity index (χ4n) is 2.36. The standard InChI is InChI=1S/C13H14ClN5O/c1-8(12-18-17-11-6-3-7-19(11)12)15-13(20)9-4-2-5-10(14)16-9/h2,4-5,8H,3,6-7H2,1H3,(H,15,20). The molecular weight excluding hydrogens is 278 g/mol. The van der Waals surface area contributed by atoms with E-state index in [4.69, 9.17) is 11.6 Å². The van der Waals surface area contributed by atoms with Crippen LogP contribution in [0.3, 0.4) is 0 Å². The van der Waals surface area contributed by atoms with Gasteiger partial charge in [-0.05, 0) is 25.5 Å². The van der Waals surface area contributed by atoms with E-state index >= 15 is 0 Å². The molecule has 0 fully saturated rings. The fraction of sp³-hybridized carbons (Fsp3) is 0.385. The zero-order valence-corrected chi connectivity index (χ0v) is 11.8. The van der Waals surface area contributed by atoms with Gasteiger partial charge in [-0.25, -0.2) is 4.98 Å². The van der Waals surface area contributed by atoms with Crippen LogP contribution in [0, 0.1) is 0 Å². The summed E-state index contributed by atoms with van der Waals surface area (Å²) in [5.74, 6) is 1.50. The number of carbonyl (C=O) groups is 1. The van der Waals surface area contributed by atoms with E-state index in [0.717, 1.165) is 31.0 Å². The Labute approximate surface area is 121 Å². The molecule has 104 valence electrons. The first-order chi connectivity index (χ1) is 9.65. The van der Waals surface area contributed by atoms with E-state index in [-0.39, 0.29) is 11.9 Å². The highest BCUT2D eigenvalue weighted by atomic mass is 35.5. The number of nitrogens with zero attached hydrogens (tertiary/aromatic N) is 4. The predicted molar refractivity (Wildman–Crippen MR) is 73.5 cm³/mol. The van der Waals surface area contributed by atoms with E-state index in [1.54, 1.807) is 18.2 Å². The monoisotopic (exact) mass is 291 g/mol. The summed E-state index contributed by atoms with van der Waals surface area (Å²) in [6.45, 7) is 2.80. The van der Waals surface area contributed by atoms with Crippen LogP contribution in [-0.2, 0) is 13.0 Å². The van der Waals surface area contributed by atoms with Gasteiger partial charge in [0.1, 0.15) is 16.7 Å². The highest BCUT2D eigenvalue weighted by Gasteiger charge is 2.22. The highest BCUT2D eigenvalue weighted by Crippen LogP contribution is 2.19. The van der Waals surface area contributed by atoms with Crippen LogP contribution in [0.1, 0.15) is 41.5 Å². The summed E-state index contributed by atoms with van der Waals surface area (Å²) in [5, 5.41) is 11.5. The van der Waals surface area contributed by atoms with Crippen molar-refractivity contribution in [2.75, 3.05) is 0 Å². The van der Waals surface area contributed by atoms with Gasteiger partial charge < -0.3 is 9.88 Å². The quantitative estimate of drug-likeness (QED) is 0.875. The molecule has 1 aliphatic rings. The molecule has 3 rings (SSSR count). The van der Waals surface area contributed by atoms with Crippen LogP contribution in [0.25, 0.3) is 0 Å². The van der Waals surface area contributed by atoms with Gasteiger partial charge in [0.15, 0.2) is 5.82 Å². The summed E-state index contributed by atoms with van der Waals surface area (Å²) >= 11 is 5.78. The highest BCUT2D eigenvalue weighted by molar-refractivity contribution is 6.29. The van der Waals surface area contributed by atoms with Gasteiger partial charge in [-0.1, -0.05) is 17.7 Å². The maximum Gasteiger partial charge on any atom is 0.270 e. The minimum absolute atomic E-state index is 0.220. The lowest BCUT2D eigenvalue weighted by Gasteiger charge is -2.13. The number of halogens is 1. The van der Waals surface area contributed by atoms with Crippen molar-refractivity contribution in [3.63, 3.8) is 0 Å². The van der Waals surface area contributed by atoms with Crippen LogP contribution in [0.4, 0.5) is 0 Å². The molecule has 0 bridgehead atoms. The maximum absolute atomic E-state index is 12.1. The number of nitrogens with one attached hydrogen (secondary N) is 1. The smallest absolute Gasteiger partial charge is 0.270 e. The number of pyridine rings is 1. The first-order valence-electron chi connectivity index (χ1n) is 6.50. The van der Waals surface area contributed by atoms with Gasteiger partial charge in [-0.2, -0.15) is 0 Å². The number of hydrogen-bond acceptors (Lipinski definition) is 4. The summed E-state index contributed by atoms with van der Waals surface area (Å²) in [6, 6.07) is 4.74. The molecule has 0 aliphatic carbocycles. The Kier molecular flexibility index (Phi) is 3.40. The molecule has 2 aromatic rings. The van der Waals surface area contributed by atoms with E-state index in [1.165, 1.54) is 0 Å². The van der Waals surface area contributed by atoms with Crippen molar-refractivity contribution in [2.24, 2.45) is 0 Å². The Morgan fingerprint density at radius 1 is 1.45 bits per heavy atom. The summed E-state index contributed by atoms with van der Waals surface area (Å²) in [5.41, 5.74) is 0.297. The third-order valence-corrected chi connectivity index (χ3v) is 3.53. The molecule has 1 aliphatic heterocycles. The summed E-state index contributed by atoms with van der Waals surface area (Å²) in [6.07, 6.45) is 2.03. The third kappa shape index (κ3) is 2.38. The second-order valence-corrected chi connectivity index (χ2v) is 5.16. The molecule has 7 heteroatoms. The number of rotatable bonds is 3. The first-order valence-corrected chi connectivity index (χ1v) is 6.88. The van der Waals surface area contributed by atoms with Crippen LogP contribution in [0.15, 0.2) is 18.2 Å². The van der Waals surface area contributed by atoms with Crippen molar-refractivity contribution >= 4 is 17.5 Å². The van der Waals surface area contributed by atoms with E-state index in [9.17, 15) is 4.79 Å². The molecule has 0 saturated heterocycles. The third-order valence-electron chi connectivity index (χ3n) is 3.32. The number of fused-ring (bicyclic) bond motifs is 1. The molecule has 0 saturated carbocycles. The Balaban J connectivity index is 1.75. The van der Waals surface area contributed by atoms with Gasteiger partial charge in [0.05, 0.1) is 6.04 Å². The van der Waals surface area contributed by atoms with E-state index < -0.39 is 0 Å². The van der Waals surface area contributed by atoms with E-state index in [1.807, 2.05) is 6.92 Å². The Bertz CT molecular complexity index is 654. The number of aryl methyl sites for hydroxylation is 1. The lowest BCUT2D eigenvalue weighted by molar-refractivity contribution is 0.0932. The summed E-state index contributed by atoms with van der Waals surface area (Å²) in [7, 11) is 0. The Hall–Kier alpha value is -1.95. The molecular formula is C13H14ClN5O. The van der Waals surface area contributed by atoms with Crippen molar-refractivity contribution < 1.29 is 4.79 Å². The number of carbonyl (C=O) groups excluding carboxylic acids is 1. The number of amides is 1. The average molecular weight is 292 g/mol. The molecule has 1 N–H and O–H groups in total. The molecule has 0 aromatic carbocycles. The largest absolute Gasteiger partial charge is 0.341 e. The Morgan fingerprint density at radius 3 is 3.10 bits per heavy atom. The van der Waals surface area contributed by atoms with Crippen molar-refractivity contribution in [3.8, 4) is 0 Å². The number of aromatic nitrogens is 4. The van der Waals surface area contributed by atoms with Crippen LogP contribution in [0.5, 0.6) is 0 Å². The predicted octanol–water partition coefficient (Wildman–Crippen LogP) is 1.76. The Morgan fingerprint density at radius 2 is 2.30 bits per heavy atom. The van der Waals surface area contributed by atoms with Gasteiger partial charge in [0.2, 0.25) is 0 Å². The second kappa shape index (κ2) is 5.20. The van der Waals surface area contributed by atoms with Gasteiger partial charge >= 0.3 is 0 Å². The zero-order chi connectivity index (χ0) is 14.1. The normalized spacial score (nSPS) is 14.9. The first kappa shape index (κ1) is 13.1. The molecule has 1 unspecified atom stereocenters. The molecule has 20 heavy (non-hydrogen) atoms. The van der Waals surface area contributed by atoms with Gasteiger partial charge in [0, 0.05) is 13.0 Å². The molecule has 0 radical (unpaired) electrons. The van der Waals surface area contributed by atoms with Crippen LogP contribution in [-0.4, -0.2) is 25.7 Å². The minimum Gasteiger partial charge on any atom is -0.341 e. The van der Waals surface area contributed by atoms with Gasteiger partial charge in [-0.15, -0.1) is 10.2 Å². The van der Waals surface area contributed by atoms with Crippen LogP contribution in [0.2, 0.25) is 5.15 Å². The summed E-state index contributed by atoms with van der Waals surface area (Å²) < 4.78 is 2.07. The molecule has 6 nitrogen and oxygen atoms in total. The SMILES string of the molecule is CC(NC(=O)c1cccc(Cl)n1)c1nnc2n1CCC2. The zero-order valence-electron chi connectivity index (χ0n) is 11.0. The number of hydrogen-bond donors (Lipinski definition) is 1. The average Bonchev–Trinajstić information content (AvgIpc) is 3.00. The van der Waals surface area contributed by atoms with Crippen molar-refractivity contribution in [3.05, 3.63) is 40.7 Å². The lowest BCUT2D eigenvalue weighted by Crippen LogP contribution is -2.29. The van der Waals surface area contributed by atoms with Crippen molar-refractivity contribution in [1.29, 1.82) is 0 Å². The molecule has 1 amide bonds. The van der Waals surface area contributed by atoms with Crippen LogP contribution < -0.4 is 5.32 Å². The molecule has 2 aromatic heterocycles. The van der Waals surface area contributed by atoms with Gasteiger partial charge in [0.25, 0.3) is 5.91 Å².